The molecular weight excluding hydrogens is 489 g/mol. The first kappa shape index (κ1) is 25.6. The molecule has 2 aliphatic heterocycles. The highest BCUT2D eigenvalue weighted by atomic mass is 19.4. The number of amides is 2. The number of piperidine rings is 1. The number of aliphatic hydroxyl groups excluding tert-OH is 1. The summed E-state index contributed by atoms with van der Waals surface area (Å²) in [5.41, 5.74) is 3.09. The molecule has 0 radical (unpaired) electrons. The number of pyridine rings is 1. The second-order valence-electron chi connectivity index (χ2n) is 9.74. The van der Waals surface area contributed by atoms with E-state index in [-0.39, 0.29) is 13.2 Å². The topological polar surface area (TPSA) is 87.2 Å². The molecule has 1 aliphatic carbocycles. The molecule has 200 valence electrons. The van der Waals surface area contributed by atoms with Crippen molar-refractivity contribution in [1.29, 1.82) is 0 Å². The van der Waals surface area contributed by atoms with Crippen molar-refractivity contribution in [3.63, 3.8) is 0 Å². The quantitative estimate of drug-likeness (QED) is 0.597. The standard InChI is InChI=1S/C26H31F3N4O4/c1-16-4-5-18(30-25(35)33-6-2-3-19-23(24(19)33)26(27,28)29)15-20(16)17-13-21(32-7-10-36-11-8-32)31-22(14-17)37-12-9-34/h4-5,13-15,19,23-24,34H,2-3,6-12H2,1H3,(H,30,35). The van der Waals surface area contributed by atoms with Gasteiger partial charge in [0.05, 0.1) is 25.7 Å². The zero-order chi connectivity index (χ0) is 26.2. The number of fused-ring (bicyclic) bond motifs is 1. The number of halogens is 3. The number of benzene rings is 1. The van der Waals surface area contributed by atoms with Gasteiger partial charge in [0.1, 0.15) is 12.4 Å². The smallest absolute Gasteiger partial charge is 0.394 e. The molecular formula is C26H31F3N4O4. The molecule has 3 atom stereocenters. The maximum absolute atomic E-state index is 13.4. The number of nitrogens with zero attached hydrogens (tertiary/aromatic N) is 3. The van der Waals surface area contributed by atoms with E-state index in [1.807, 2.05) is 25.1 Å². The first-order valence-corrected chi connectivity index (χ1v) is 12.6. The third-order valence-corrected chi connectivity index (χ3v) is 7.33. The minimum Gasteiger partial charge on any atom is -0.475 e. The number of carbonyl (C=O) groups is 1. The summed E-state index contributed by atoms with van der Waals surface area (Å²) >= 11 is 0. The Bertz CT molecular complexity index is 1140. The van der Waals surface area contributed by atoms with Gasteiger partial charge >= 0.3 is 12.2 Å². The van der Waals surface area contributed by atoms with Crippen molar-refractivity contribution in [2.75, 3.05) is 56.3 Å². The van der Waals surface area contributed by atoms with E-state index in [4.69, 9.17) is 9.47 Å². The van der Waals surface area contributed by atoms with E-state index in [9.17, 15) is 23.1 Å². The van der Waals surface area contributed by atoms with Crippen molar-refractivity contribution >= 4 is 17.5 Å². The van der Waals surface area contributed by atoms with Crippen molar-refractivity contribution < 1.29 is 32.5 Å². The fourth-order valence-electron chi connectivity index (χ4n) is 5.48. The van der Waals surface area contributed by atoms with Crippen LogP contribution in [-0.4, -0.2) is 79.3 Å². The number of morpholine rings is 1. The van der Waals surface area contributed by atoms with Crippen molar-refractivity contribution in [2.45, 2.75) is 32.0 Å². The van der Waals surface area contributed by atoms with Crippen LogP contribution in [0.3, 0.4) is 0 Å². The van der Waals surface area contributed by atoms with Gasteiger partial charge < -0.3 is 29.7 Å². The van der Waals surface area contributed by atoms with E-state index in [0.717, 1.165) is 16.7 Å². The summed E-state index contributed by atoms with van der Waals surface area (Å²) in [5, 5.41) is 12.0. The third-order valence-electron chi connectivity index (χ3n) is 7.33. The molecule has 1 aromatic carbocycles. The lowest BCUT2D eigenvalue weighted by Crippen LogP contribution is -2.41. The Hall–Kier alpha value is -3.05. The van der Waals surface area contributed by atoms with E-state index >= 15 is 0 Å². The Labute approximate surface area is 213 Å². The maximum Gasteiger partial charge on any atom is 0.394 e. The molecule has 1 saturated carbocycles. The van der Waals surface area contributed by atoms with Crippen molar-refractivity contribution in [2.24, 2.45) is 11.8 Å². The van der Waals surface area contributed by atoms with Gasteiger partial charge in [-0.3, -0.25) is 0 Å². The zero-order valence-corrected chi connectivity index (χ0v) is 20.6. The van der Waals surface area contributed by atoms with Crippen molar-refractivity contribution in [3.05, 3.63) is 35.9 Å². The normalized spacial score (nSPS) is 23.4. The number of ether oxygens (including phenoxy) is 2. The molecule has 2 N–H and O–H groups in total. The highest BCUT2D eigenvalue weighted by Crippen LogP contribution is 2.57. The van der Waals surface area contributed by atoms with Crippen LogP contribution in [0.15, 0.2) is 30.3 Å². The highest BCUT2D eigenvalue weighted by Gasteiger charge is 2.67. The lowest BCUT2D eigenvalue weighted by atomic mass is 10.00. The summed E-state index contributed by atoms with van der Waals surface area (Å²) in [4.78, 5) is 21.0. The van der Waals surface area contributed by atoms with Gasteiger partial charge in [0.2, 0.25) is 5.88 Å². The van der Waals surface area contributed by atoms with E-state index < -0.39 is 30.1 Å². The third kappa shape index (κ3) is 5.47. The number of likely N-dealkylation sites (tertiary alicyclic amines) is 1. The summed E-state index contributed by atoms with van der Waals surface area (Å²) in [7, 11) is 0. The summed E-state index contributed by atoms with van der Waals surface area (Å²) in [5.74, 6) is -0.843. The molecule has 2 amide bonds. The van der Waals surface area contributed by atoms with E-state index in [1.54, 1.807) is 12.1 Å². The van der Waals surface area contributed by atoms with Gasteiger partial charge in [0.15, 0.2) is 0 Å². The molecule has 3 heterocycles. The number of aliphatic hydroxyl groups is 1. The average molecular weight is 521 g/mol. The minimum atomic E-state index is -4.29. The monoisotopic (exact) mass is 520 g/mol. The molecule has 0 bridgehead atoms. The van der Waals surface area contributed by atoms with Crippen molar-refractivity contribution in [3.8, 4) is 17.0 Å². The van der Waals surface area contributed by atoms with Gasteiger partial charge in [-0.1, -0.05) is 6.07 Å². The predicted molar refractivity (Wildman–Crippen MR) is 132 cm³/mol. The number of hydrogen-bond donors (Lipinski definition) is 2. The van der Waals surface area contributed by atoms with E-state index in [0.29, 0.717) is 63.1 Å². The summed E-state index contributed by atoms with van der Waals surface area (Å²) in [6.45, 7) is 4.76. The van der Waals surface area contributed by atoms with Gasteiger partial charge in [0.25, 0.3) is 0 Å². The minimum absolute atomic E-state index is 0.102. The zero-order valence-electron chi connectivity index (χ0n) is 20.6. The van der Waals surface area contributed by atoms with Crippen LogP contribution in [0.1, 0.15) is 18.4 Å². The number of nitrogens with one attached hydrogen (secondary N) is 1. The number of aryl methyl sites for hydroxylation is 1. The molecule has 8 nitrogen and oxygen atoms in total. The fraction of sp³-hybridized carbons (Fsp3) is 0.538. The molecule has 0 spiro atoms. The molecule has 37 heavy (non-hydrogen) atoms. The summed E-state index contributed by atoms with van der Waals surface area (Å²) < 4.78 is 51.2. The van der Waals surface area contributed by atoms with Gasteiger partial charge in [-0.2, -0.15) is 18.2 Å². The second-order valence-corrected chi connectivity index (χ2v) is 9.74. The van der Waals surface area contributed by atoms with Crippen LogP contribution in [0.2, 0.25) is 0 Å². The van der Waals surface area contributed by atoms with E-state index in [1.165, 1.54) is 4.90 Å². The summed E-state index contributed by atoms with van der Waals surface area (Å²) in [6, 6.07) is 7.87. The molecule has 3 aliphatic rings. The van der Waals surface area contributed by atoms with Crippen LogP contribution in [-0.2, 0) is 4.74 Å². The molecule has 5 rings (SSSR count). The Morgan fingerprint density at radius 1 is 1.22 bits per heavy atom. The predicted octanol–water partition coefficient (Wildman–Crippen LogP) is 4.07. The Morgan fingerprint density at radius 2 is 2.00 bits per heavy atom. The molecule has 3 unspecified atom stereocenters. The lowest BCUT2D eigenvalue weighted by Gasteiger charge is -2.28. The van der Waals surface area contributed by atoms with Crippen LogP contribution in [0.5, 0.6) is 5.88 Å². The average Bonchev–Trinajstić information content (AvgIpc) is 3.64. The largest absolute Gasteiger partial charge is 0.475 e. The maximum atomic E-state index is 13.4. The number of carbonyl (C=O) groups excluding carboxylic acids is 1. The number of alkyl halides is 3. The van der Waals surface area contributed by atoms with Crippen LogP contribution >= 0.6 is 0 Å². The van der Waals surface area contributed by atoms with Crippen LogP contribution in [0.4, 0.5) is 29.5 Å². The molecule has 3 fully saturated rings. The van der Waals surface area contributed by atoms with Crippen LogP contribution < -0.4 is 15.0 Å². The molecule has 11 heteroatoms. The lowest BCUT2D eigenvalue weighted by molar-refractivity contribution is -0.153. The van der Waals surface area contributed by atoms with Gasteiger partial charge in [-0.25, -0.2) is 4.79 Å². The number of anilines is 2. The Balaban J connectivity index is 1.39. The SMILES string of the molecule is Cc1ccc(NC(=O)N2CCCC3C2C3C(F)(F)F)cc1-c1cc(OCCO)nc(N2CCOCC2)c1. The molecule has 1 aromatic heterocycles. The summed E-state index contributed by atoms with van der Waals surface area (Å²) in [6.07, 6.45) is -3.22. The Morgan fingerprint density at radius 3 is 2.73 bits per heavy atom. The van der Waals surface area contributed by atoms with Crippen LogP contribution in [0.25, 0.3) is 11.1 Å². The number of hydrogen-bond acceptors (Lipinski definition) is 6. The van der Waals surface area contributed by atoms with Crippen LogP contribution in [0, 0.1) is 18.8 Å². The Kier molecular flexibility index (Phi) is 7.17. The van der Waals surface area contributed by atoms with Gasteiger partial charge in [-0.05, 0) is 60.6 Å². The molecule has 2 saturated heterocycles. The first-order valence-electron chi connectivity index (χ1n) is 12.6. The van der Waals surface area contributed by atoms with Gasteiger partial charge in [-0.15, -0.1) is 0 Å². The highest BCUT2D eigenvalue weighted by molar-refractivity contribution is 5.91. The second kappa shape index (κ2) is 10.4. The first-order chi connectivity index (χ1) is 17.8. The van der Waals surface area contributed by atoms with E-state index in [2.05, 4.69) is 15.2 Å². The van der Waals surface area contributed by atoms with Crippen molar-refractivity contribution in [1.82, 2.24) is 9.88 Å². The fourth-order valence-corrected chi connectivity index (χ4v) is 5.48. The number of urea groups is 1. The number of rotatable bonds is 6. The van der Waals surface area contributed by atoms with Gasteiger partial charge in [0, 0.05) is 37.4 Å². The molecule has 2 aromatic rings. The number of aromatic nitrogens is 1.